The minimum Gasteiger partial charge on any atom is -0.373 e. The molecule has 2 N–H and O–H groups in total. The SMILES string of the molecule is CNc1cc(NCC(C(C)C)C(C)C)nc(C(C)(C)C)n1. The zero-order chi connectivity index (χ0) is 16.2. The van der Waals surface area contributed by atoms with Crippen molar-refractivity contribution in [3.8, 4) is 0 Å². The second-order valence-electron chi connectivity index (χ2n) is 7.49. The highest BCUT2D eigenvalue weighted by atomic mass is 15.1. The highest BCUT2D eigenvalue weighted by molar-refractivity contribution is 5.47. The molecule has 21 heavy (non-hydrogen) atoms. The largest absolute Gasteiger partial charge is 0.373 e. The van der Waals surface area contributed by atoms with Crippen LogP contribution in [0.1, 0.15) is 54.3 Å². The summed E-state index contributed by atoms with van der Waals surface area (Å²) in [5.74, 6) is 4.59. The minimum absolute atomic E-state index is 0.0568. The molecule has 0 atom stereocenters. The molecule has 0 fully saturated rings. The van der Waals surface area contributed by atoms with Gasteiger partial charge in [-0.2, -0.15) is 0 Å². The minimum atomic E-state index is -0.0568. The Kier molecular flexibility index (Phi) is 5.99. The lowest BCUT2D eigenvalue weighted by Gasteiger charge is -2.26. The lowest BCUT2D eigenvalue weighted by Crippen LogP contribution is -2.25. The van der Waals surface area contributed by atoms with Crippen LogP contribution in [0, 0.1) is 17.8 Å². The summed E-state index contributed by atoms with van der Waals surface area (Å²) in [5, 5.41) is 6.63. The Morgan fingerprint density at radius 3 is 1.95 bits per heavy atom. The average molecular weight is 292 g/mol. The zero-order valence-corrected chi connectivity index (χ0v) is 14.9. The Morgan fingerprint density at radius 1 is 1.00 bits per heavy atom. The van der Waals surface area contributed by atoms with Crippen molar-refractivity contribution < 1.29 is 0 Å². The van der Waals surface area contributed by atoms with E-state index in [0.29, 0.717) is 17.8 Å². The molecule has 4 heteroatoms. The van der Waals surface area contributed by atoms with Crippen molar-refractivity contribution >= 4 is 11.6 Å². The summed E-state index contributed by atoms with van der Waals surface area (Å²) >= 11 is 0. The van der Waals surface area contributed by atoms with Gasteiger partial charge in [0.25, 0.3) is 0 Å². The van der Waals surface area contributed by atoms with E-state index in [0.717, 1.165) is 24.0 Å². The predicted octanol–water partition coefficient (Wildman–Crippen LogP) is 4.16. The van der Waals surface area contributed by atoms with Crippen molar-refractivity contribution in [1.82, 2.24) is 9.97 Å². The first kappa shape index (κ1) is 17.7. The first-order chi connectivity index (χ1) is 9.65. The molecule has 4 nitrogen and oxygen atoms in total. The second-order valence-corrected chi connectivity index (χ2v) is 7.49. The second kappa shape index (κ2) is 7.10. The number of hydrogen-bond acceptors (Lipinski definition) is 4. The maximum atomic E-state index is 4.68. The molecule has 0 bridgehead atoms. The third kappa shape index (κ3) is 5.18. The van der Waals surface area contributed by atoms with Gasteiger partial charge in [0.1, 0.15) is 17.5 Å². The average Bonchev–Trinajstić information content (AvgIpc) is 2.36. The Labute approximate surface area is 130 Å². The molecule has 1 rings (SSSR count). The number of hydrogen-bond donors (Lipinski definition) is 2. The molecule has 1 aromatic heterocycles. The summed E-state index contributed by atoms with van der Waals surface area (Å²) in [6.07, 6.45) is 0. The van der Waals surface area contributed by atoms with Gasteiger partial charge in [0.15, 0.2) is 0 Å². The van der Waals surface area contributed by atoms with Crippen molar-refractivity contribution in [2.45, 2.75) is 53.9 Å². The Morgan fingerprint density at radius 2 is 1.52 bits per heavy atom. The number of aromatic nitrogens is 2. The van der Waals surface area contributed by atoms with Gasteiger partial charge in [-0.3, -0.25) is 0 Å². The van der Waals surface area contributed by atoms with Crippen LogP contribution in [-0.2, 0) is 5.41 Å². The molecule has 0 aliphatic heterocycles. The van der Waals surface area contributed by atoms with E-state index >= 15 is 0 Å². The number of nitrogens with zero attached hydrogens (tertiary/aromatic N) is 2. The third-order valence-electron chi connectivity index (χ3n) is 3.88. The van der Waals surface area contributed by atoms with E-state index in [1.807, 2.05) is 13.1 Å². The van der Waals surface area contributed by atoms with Crippen LogP contribution < -0.4 is 10.6 Å². The molecule has 0 saturated carbocycles. The molecule has 0 radical (unpaired) electrons. The van der Waals surface area contributed by atoms with E-state index in [9.17, 15) is 0 Å². The molecule has 0 aromatic carbocycles. The molecule has 120 valence electrons. The van der Waals surface area contributed by atoms with Crippen LogP contribution in [0.3, 0.4) is 0 Å². The molecule has 1 heterocycles. The summed E-state index contributed by atoms with van der Waals surface area (Å²) < 4.78 is 0. The molecular weight excluding hydrogens is 260 g/mol. The molecule has 0 amide bonds. The van der Waals surface area contributed by atoms with Gasteiger partial charge in [-0.25, -0.2) is 9.97 Å². The van der Waals surface area contributed by atoms with Crippen molar-refractivity contribution in [1.29, 1.82) is 0 Å². The normalized spacial score (nSPS) is 12.3. The zero-order valence-electron chi connectivity index (χ0n) is 14.9. The molecule has 0 aliphatic carbocycles. The van der Waals surface area contributed by atoms with Gasteiger partial charge in [0.05, 0.1) is 0 Å². The van der Waals surface area contributed by atoms with Crippen LogP contribution in [0.25, 0.3) is 0 Å². The van der Waals surface area contributed by atoms with Crippen LogP contribution in [0.4, 0.5) is 11.6 Å². The quantitative estimate of drug-likeness (QED) is 0.826. The number of nitrogens with one attached hydrogen (secondary N) is 2. The molecule has 0 spiro atoms. The van der Waals surface area contributed by atoms with E-state index < -0.39 is 0 Å². The van der Waals surface area contributed by atoms with Gasteiger partial charge >= 0.3 is 0 Å². The highest BCUT2D eigenvalue weighted by Crippen LogP contribution is 2.24. The fourth-order valence-corrected chi connectivity index (χ4v) is 2.46. The molecule has 0 aliphatic rings. The maximum absolute atomic E-state index is 4.68. The third-order valence-corrected chi connectivity index (χ3v) is 3.88. The first-order valence-electron chi connectivity index (χ1n) is 7.96. The summed E-state index contributed by atoms with van der Waals surface area (Å²) in [6, 6.07) is 1.98. The topological polar surface area (TPSA) is 49.8 Å². The van der Waals surface area contributed by atoms with Crippen LogP contribution in [0.15, 0.2) is 6.07 Å². The lowest BCUT2D eigenvalue weighted by molar-refractivity contribution is 0.304. The van der Waals surface area contributed by atoms with Gasteiger partial charge in [-0.1, -0.05) is 48.5 Å². The summed E-state index contributed by atoms with van der Waals surface area (Å²) in [5.41, 5.74) is -0.0568. The van der Waals surface area contributed by atoms with Crippen LogP contribution in [0.5, 0.6) is 0 Å². The standard InChI is InChI=1S/C17H32N4/c1-11(2)13(12(3)4)10-19-15-9-14(18-8)20-16(21-15)17(5,6)7/h9,11-13H,10H2,1-8H3,(H2,18,19,20,21). The van der Waals surface area contributed by atoms with Crippen molar-refractivity contribution in [2.75, 3.05) is 24.2 Å². The monoisotopic (exact) mass is 292 g/mol. The molecule has 0 saturated heterocycles. The van der Waals surface area contributed by atoms with E-state index in [1.165, 1.54) is 0 Å². The lowest BCUT2D eigenvalue weighted by atomic mass is 9.85. The fraction of sp³-hybridized carbons (Fsp3) is 0.765. The van der Waals surface area contributed by atoms with Crippen molar-refractivity contribution in [2.24, 2.45) is 17.8 Å². The summed E-state index contributed by atoms with van der Waals surface area (Å²) in [6.45, 7) is 16.5. The molecular formula is C17H32N4. The van der Waals surface area contributed by atoms with E-state index in [1.54, 1.807) is 0 Å². The van der Waals surface area contributed by atoms with E-state index in [-0.39, 0.29) is 5.41 Å². The Bertz CT molecular complexity index is 439. The van der Waals surface area contributed by atoms with Crippen LogP contribution in [0.2, 0.25) is 0 Å². The summed E-state index contributed by atoms with van der Waals surface area (Å²) in [4.78, 5) is 9.24. The van der Waals surface area contributed by atoms with Crippen molar-refractivity contribution in [3.05, 3.63) is 11.9 Å². The molecule has 1 aromatic rings. The van der Waals surface area contributed by atoms with Gasteiger partial charge in [-0.15, -0.1) is 0 Å². The summed E-state index contributed by atoms with van der Waals surface area (Å²) in [7, 11) is 1.89. The fourth-order valence-electron chi connectivity index (χ4n) is 2.46. The predicted molar refractivity (Wildman–Crippen MR) is 91.9 cm³/mol. The van der Waals surface area contributed by atoms with Gasteiger partial charge in [0.2, 0.25) is 0 Å². The van der Waals surface area contributed by atoms with Gasteiger partial charge in [-0.05, 0) is 17.8 Å². The van der Waals surface area contributed by atoms with E-state index in [4.69, 9.17) is 0 Å². The van der Waals surface area contributed by atoms with Crippen LogP contribution in [-0.4, -0.2) is 23.6 Å². The van der Waals surface area contributed by atoms with Crippen molar-refractivity contribution in [3.63, 3.8) is 0 Å². The smallest absolute Gasteiger partial charge is 0.138 e. The number of anilines is 2. The Balaban J connectivity index is 2.92. The van der Waals surface area contributed by atoms with Crippen LogP contribution >= 0.6 is 0 Å². The Hall–Kier alpha value is -1.32. The molecule has 0 unspecified atom stereocenters. The number of rotatable bonds is 6. The first-order valence-corrected chi connectivity index (χ1v) is 7.96. The van der Waals surface area contributed by atoms with Gasteiger partial charge in [0, 0.05) is 25.1 Å². The van der Waals surface area contributed by atoms with E-state index in [2.05, 4.69) is 69.1 Å². The maximum Gasteiger partial charge on any atom is 0.138 e. The van der Waals surface area contributed by atoms with Gasteiger partial charge < -0.3 is 10.6 Å². The highest BCUT2D eigenvalue weighted by Gasteiger charge is 2.20.